The maximum Gasteiger partial charge on any atom is 0.232 e. The van der Waals surface area contributed by atoms with Crippen LogP contribution < -0.4 is 5.32 Å². The highest BCUT2D eigenvalue weighted by atomic mass is 79.9. The lowest BCUT2D eigenvalue weighted by Crippen LogP contribution is -2.71. The predicted octanol–water partition coefficient (Wildman–Crippen LogP) is 5.87. The lowest BCUT2D eigenvalue weighted by atomic mass is 9.43. The van der Waals surface area contributed by atoms with E-state index in [1.807, 2.05) is 18.2 Å². The van der Waals surface area contributed by atoms with Crippen LogP contribution >= 0.6 is 47.8 Å². The molecule has 23 heavy (non-hydrogen) atoms. The van der Waals surface area contributed by atoms with E-state index in [9.17, 15) is 4.79 Å². The number of para-hydroxylation sites is 1. The predicted molar refractivity (Wildman–Crippen MR) is 107 cm³/mol. The van der Waals surface area contributed by atoms with E-state index in [0.717, 1.165) is 24.9 Å². The summed E-state index contributed by atoms with van der Waals surface area (Å²) in [7, 11) is 0. The third-order valence-corrected chi connectivity index (χ3v) is 9.77. The zero-order chi connectivity index (χ0) is 17.0. The van der Waals surface area contributed by atoms with Crippen LogP contribution in [0.25, 0.3) is 0 Å². The van der Waals surface area contributed by atoms with Crippen molar-refractivity contribution in [2.45, 2.75) is 48.6 Å². The van der Waals surface area contributed by atoms with Crippen molar-refractivity contribution in [2.75, 3.05) is 5.32 Å². The number of hydrogen-bond acceptors (Lipinski definition) is 1. The molecule has 0 aromatic heterocycles. The van der Waals surface area contributed by atoms with Gasteiger partial charge in [0.25, 0.3) is 0 Å². The van der Waals surface area contributed by atoms with Gasteiger partial charge in [-0.15, -0.1) is 0 Å². The van der Waals surface area contributed by atoms with E-state index in [0.29, 0.717) is 0 Å². The number of aryl methyl sites for hydroxylation is 1. The zero-order valence-electron chi connectivity index (χ0n) is 13.6. The Morgan fingerprint density at radius 1 is 1.30 bits per heavy atom. The Bertz CT molecular complexity index is 645. The summed E-state index contributed by atoms with van der Waals surface area (Å²) in [5, 5.41) is 3.22. The Morgan fingerprint density at radius 3 is 2.48 bits per heavy atom. The topological polar surface area (TPSA) is 29.1 Å². The number of carbonyl (C=O) groups is 1. The summed E-state index contributed by atoms with van der Waals surface area (Å²) < 4.78 is 0.202. The SMILES string of the molecule is CCc1ccccc1NC(=O)C12CCC(C(Br)Br)(C1Br)C2(C)C. The summed E-state index contributed by atoms with van der Waals surface area (Å²) in [5.74, 6) is 0.152. The Labute approximate surface area is 163 Å². The van der Waals surface area contributed by atoms with Crippen molar-refractivity contribution in [1.29, 1.82) is 0 Å². The van der Waals surface area contributed by atoms with E-state index in [4.69, 9.17) is 0 Å². The molecule has 1 N–H and O–H groups in total. The number of carbonyl (C=O) groups excluding carboxylic acids is 1. The first kappa shape index (κ1) is 17.9. The summed E-state index contributed by atoms with van der Waals surface area (Å²) in [5.41, 5.74) is 1.77. The maximum atomic E-state index is 13.3. The normalized spacial score (nSPS) is 34.3. The van der Waals surface area contributed by atoms with Crippen LogP contribution in [0.3, 0.4) is 0 Å². The monoisotopic (exact) mass is 505 g/mol. The van der Waals surface area contributed by atoms with Crippen molar-refractivity contribution < 1.29 is 4.79 Å². The molecule has 3 unspecified atom stereocenters. The number of nitrogens with one attached hydrogen (secondary N) is 1. The number of rotatable bonds is 4. The summed E-state index contributed by atoms with van der Waals surface area (Å²) >= 11 is 11.3. The highest BCUT2D eigenvalue weighted by Crippen LogP contribution is 2.82. The number of halogens is 3. The van der Waals surface area contributed by atoms with Crippen molar-refractivity contribution in [3.63, 3.8) is 0 Å². The minimum absolute atomic E-state index is 0.0641. The van der Waals surface area contributed by atoms with Crippen LogP contribution in [0.5, 0.6) is 0 Å². The molecular formula is C18H22Br3NO. The molecule has 0 aliphatic heterocycles. The smallest absolute Gasteiger partial charge is 0.232 e. The number of alkyl halides is 3. The number of anilines is 1. The fraction of sp³-hybridized carbons (Fsp3) is 0.611. The van der Waals surface area contributed by atoms with E-state index in [1.165, 1.54) is 5.56 Å². The van der Waals surface area contributed by atoms with Crippen molar-refractivity contribution >= 4 is 59.4 Å². The molecule has 0 heterocycles. The first-order chi connectivity index (χ1) is 10.8. The number of hydrogen-bond donors (Lipinski definition) is 1. The second-order valence-electron chi connectivity index (χ2n) is 7.26. The third kappa shape index (κ3) is 2.05. The highest BCUT2D eigenvalue weighted by molar-refractivity contribution is 9.24. The van der Waals surface area contributed by atoms with Gasteiger partial charge in [-0.05, 0) is 36.3 Å². The van der Waals surface area contributed by atoms with Crippen LogP contribution in [0.1, 0.15) is 39.2 Å². The number of benzene rings is 1. The molecule has 1 aromatic carbocycles. The fourth-order valence-corrected chi connectivity index (χ4v) is 9.80. The molecule has 2 bridgehead atoms. The fourth-order valence-electron chi connectivity index (χ4n) is 4.88. The summed E-state index contributed by atoms with van der Waals surface area (Å²) in [6, 6.07) is 8.09. The minimum atomic E-state index is -0.354. The standard InChI is InChI=1S/C18H22Br3NO/c1-4-11-7-5-6-8-12(11)22-15(23)18-10-9-17(13(18)19,14(20)21)16(18,2)3/h5-8,13-14H,4,9-10H2,1-3H3,(H,22,23). The molecule has 126 valence electrons. The quantitative estimate of drug-likeness (QED) is 0.507. The molecule has 0 saturated heterocycles. The summed E-state index contributed by atoms with van der Waals surface area (Å²) in [6.45, 7) is 6.59. The Kier molecular flexibility index (Phi) is 4.56. The van der Waals surface area contributed by atoms with Crippen molar-refractivity contribution in [1.82, 2.24) is 0 Å². The molecule has 0 spiro atoms. The molecule has 1 aromatic rings. The maximum absolute atomic E-state index is 13.3. The molecule has 3 aliphatic carbocycles. The van der Waals surface area contributed by atoms with E-state index >= 15 is 0 Å². The average molecular weight is 508 g/mol. The van der Waals surface area contributed by atoms with E-state index < -0.39 is 0 Å². The van der Waals surface area contributed by atoms with Gasteiger partial charge >= 0.3 is 0 Å². The van der Waals surface area contributed by atoms with Gasteiger partial charge in [0.2, 0.25) is 5.91 Å². The Balaban J connectivity index is 1.92. The molecule has 3 fully saturated rings. The van der Waals surface area contributed by atoms with Gasteiger partial charge in [-0.1, -0.05) is 86.8 Å². The molecule has 4 rings (SSSR count). The van der Waals surface area contributed by atoms with Crippen LogP contribution in [-0.4, -0.2) is 14.5 Å². The van der Waals surface area contributed by atoms with E-state index in [2.05, 4.69) is 79.9 Å². The van der Waals surface area contributed by atoms with Gasteiger partial charge in [0, 0.05) is 15.9 Å². The van der Waals surface area contributed by atoms with Crippen LogP contribution in [0, 0.1) is 16.2 Å². The van der Waals surface area contributed by atoms with Gasteiger partial charge < -0.3 is 5.32 Å². The zero-order valence-corrected chi connectivity index (χ0v) is 18.4. The summed E-state index contributed by atoms with van der Waals surface area (Å²) in [4.78, 5) is 13.4. The molecule has 3 saturated carbocycles. The Morgan fingerprint density at radius 2 is 1.96 bits per heavy atom. The van der Waals surface area contributed by atoms with Gasteiger partial charge in [-0.3, -0.25) is 4.79 Å². The second-order valence-corrected chi connectivity index (χ2v) is 11.2. The van der Waals surface area contributed by atoms with E-state index in [-0.39, 0.29) is 30.7 Å². The Hall–Kier alpha value is 0.130. The largest absolute Gasteiger partial charge is 0.325 e. The lowest BCUT2D eigenvalue weighted by molar-refractivity contribution is -0.155. The molecule has 5 heteroatoms. The van der Waals surface area contributed by atoms with Gasteiger partial charge in [0.15, 0.2) is 0 Å². The molecular weight excluding hydrogens is 486 g/mol. The molecule has 1 amide bonds. The molecule has 3 atom stereocenters. The van der Waals surface area contributed by atoms with Crippen LogP contribution in [0.2, 0.25) is 0 Å². The number of fused-ring (bicyclic) bond motifs is 1. The van der Waals surface area contributed by atoms with Crippen LogP contribution in [-0.2, 0) is 11.2 Å². The molecule has 0 radical (unpaired) electrons. The number of amides is 1. The van der Waals surface area contributed by atoms with Gasteiger partial charge in [0.1, 0.15) is 0 Å². The van der Waals surface area contributed by atoms with Gasteiger partial charge in [0.05, 0.1) is 9.15 Å². The average Bonchev–Trinajstić information content (AvgIpc) is 2.97. The van der Waals surface area contributed by atoms with Crippen molar-refractivity contribution in [3.8, 4) is 0 Å². The first-order valence-electron chi connectivity index (χ1n) is 8.07. The lowest BCUT2D eigenvalue weighted by Gasteiger charge is -2.66. The minimum Gasteiger partial charge on any atom is -0.325 e. The van der Waals surface area contributed by atoms with Gasteiger partial charge in [-0.25, -0.2) is 0 Å². The molecule has 2 nitrogen and oxygen atoms in total. The summed E-state index contributed by atoms with van der Waals surface area (Å²) in [6.07, 6.45) is 2.88. The van der Waals surface area contributed by atoms with Crippen LogP contribution in [0.4, 0.5) is 5.69 Å². The van der Waals surface area contributed by atoms with E-state index in [1.54, 1.807) is 0 Å². The second kappa shape index (κ2) is 5.84. The highest BCUT2D eigenvalue weighted by Gasteiger charge is 2.83. The van der Waals surface area contributed by atoms with Crippen molar-refractivity contribution in [2.24, 2.45) is 16.2 Å². The third-order valence-electron chi connectivity index (χ3n) is 6.54. The van der Waals surface area contributed by atoms with Crippen LogP contribution in [0.15, 0.2) is 24.3 Å². The van der Waals surface area contributed by atoms with Gasteiger partial charge in [-0.2, -0.15) is 0 Å². The molecule has 3 aliphatic rings. The van der Waals surface area contributed by atoms with Crippen molar-refractivity contribution in [3.05, 3.63) is 29.8 Å². The first-order valence-corrected chi connectivity index (χ1v) is 10.8.